The van der Waals surface area contributed by atoms with Gasteiger partial charge in [-0.3, -0.25) is 0 Å². The number of hydrogen-bond donors (Lipinski definition) is 0. The van der Waals surface area contributed by atoms with E-state index in [-0.39, 0.29) is 18.9 Å². The fourth-order valence-corrected chi connectivity index (χ4v) is 1.13. The maximum atomic E-state index is 4.60. The average Bonchev–Trinajstić information content (AvgIpc) is 3.07. The van der Waals surface area contributed by atoms with E-state index in [0.717, 1.165) is 5.82 Å². The zero-order chi connectivity index (χ0) is 17.4. The summed E-state index contributed by atoms with van der Waals surface area (Å²) < 4.78 is 27.6. The predicted octanol–water partition coefficient (Wildman–Crippen LogP) is -2.01. The van der Waals surface area contributed by atoms with Gasteiger partial charge < -0.3 is 37.9 Å². The Morgan fingerprint density at radius 3 is 1.26 bits per heavy atom. The molecule has 0 aromatic carbocycles. The number of hydrogen-bond acceptors (Lipinski definition) is 7. The van der Waals surface area contributed by atoms with E-state index in [1.54, 1.807) is 12.4 Å². The summed E-state index contributed by atoms with van der Waals surface area (Å²) in [6.45, 7) is 4.16. The van der Waals surface area contributed by atoms with Crippen molar-refractivity contribution in [2.24, 2.45) is 0 Å². The Kier molecular flexibility index (Phi) is 23.6. The van der Waals surface area contributed by atoms with E-state index in [1.165, 1.54) is 42.7 Å². The number of aromatic nitrogens is 2. The first-order valence-electron chi connectivity index (χ1n) is 6.60. The van der Waals surface area contributed by atoms with Gasteiger partial charge in [0.2, 0.25) is 0 Å². The van der Waals surface area contributed by atoms with Gasteiger partial charge >= 0.3 is 33.5 Å². The second-order valence-corrected chi connectivity index (χ2v) is 4.06. The van der Waals surface area contributed by atoms with E-state index in [4.69, 9.17) is 0 Å². The maximum Gasteiger partial charge on any atom is 1.00 e. The molecule has 11 heteroatoms. The van der Waals surface area contributed by atoms with Crippen LogP contribution in [0, 0.1) is 0 Å². The van der Waals surface area contributed by atoms with Gasteiger partial charge in [-0.1, -0.05) is 32.1 Å². The van der Waals surface area contributed by atoms with Gasteiger partial charge in [0.25, 0.3) is 0 Å². The molecule has 0 bridgehead atoms. The van der Waals surface area contributed by atoms with E-state index in [0.29, 0.717) is 5.92 Å². The minimum atomic E-state index is -0.514. The molecule has 23 heavy (non-hydrogen) atoms. The Bertz CT molecular complexity index is 291. The predicted molar refractivity (Wildman–Crippen MR) is 85.2 cm³/mol. The van der Waals surface area contributed by atoms with Crippen molar-refractivity contribution in [1.82, 2.24) is 9.97 Å². The van der Waals surface area contributed by atoms with Gasteiger partial charge in [-0.15, -0.1) is 0 Å². The molecule has 0 saturated carbocycles. The average molecular weight is 324 g/mol. The molecule has 0 spiro atoms. The Hall–Kier alpha value is -0.303. The minimum absolute atomic E-state index is 0. The largest absolute Gasteiger partial charge is 1.00 e. The molecule has 0 aliphatic carbocycles. The third-order valence-electron chi connectivity index (χ3n) is 2.15. The molecule has 0 aliphatic heterocycles. The van der Waals surface area contributed by atoms with Crippen LogP contribution in [0.5, 0.6) is 0 Å². The van der Waals surface area contributed by atoms with Crippen LogP contribution >= 0.6 is 0 Å². The van der Waals surface area contributed by atoms with Crippen molar-refractivity contribution in [2.75, 3.05) is 42.7 Å². The van der Waals surface area contributed by atoms with Crippen LogP contribution < -0.4 is 23.8 Å². The SMILES string of the molecule is CC(C)c1ncc[n-]1.COB(OC)OC.COB(OC)OC.[Li+]. The third kappa shape index (κ3) is 16.3. The van der Waals surface area contributed by atoms with Gasteiger partial charge in [0.05, 0.1) is 0 Å². The van der Waals surface area contributed by atoms with Crippen molar-refractivity contribution in [1.29, 1.82) is 0 Å². The number of nitrogens with zero attached hydrogens (tertiary/aromatic N) is 2. The summed E-state index contributed by atoms with van der Waals surface area (Å²) in [5, 5.41) is 0. The van der Waals surface area contributed by atoms with E-state index < -0.39 is 14.6 Å². The van der Waals surface area contributed by atoms with Crippen LogP contribution in [0.25, 0.3) is 0 Å². The normalized spacial score (nSPS) is 9.09. The van der Waals surface area contributed by atoms with Crippen LogP contribution in [-0.4, -0.2) is 62.3 Å². The van der Waals surface area contributed by atoms with E-state index in [9.17, 15) is 0 Å². The van der Waals surface area contributed by atoms with Crippen molar-refractivity contribution >= 4 is 14.6 Å². The van der Waals surface area contributed by atoms with Crippen LogP contribution in [0.1, 0.15) is 25.6 Å². The van der Waals surface area contributed by atoms with Gasteiger partial charge in [-0.2, -0.15) is 0 Å². The summed E-state index contributed by atoms with van der Waals surface area (Å²) in [4.78, 5) is 8.01. The second kappa shape index (κ2) is 19.7. The summed E-state index contributed by atoms with van der Waals surface area (Å²) in [6.07, 6.45) is 3.44. The summed E-state index contributed by atoms with van der Waals surface area (Å²) in [6, 6.07) is 0. The zero-order valence-corrected chi connectivity index (χ0v) is 15.7. The summed E-state index contributed by atoms with van der Waals surface area (Å²) in [5.41, 5.74) is 0. The van der Waals surface area contributed by atoms with E-state index in [1.807, 2.05) is 0 Å². The monoisotopic (exact) mass is 324 g/mol. The van der Waals surface area contributed by atoms with Gasteiger partial charge in [-0.05, 0) is 5.92 Å². The van der Waals surface area contributed by atoms with Crippen LogP contribution in [0.3, 0.4) is 0 Å². The maximum absolute atomic E-state index is 4.60. The molecule has 0 radical (unpaired) electrons. The molecule has 1 aromatic rings. The molecule has 1 aromatic heterocycles. The first kappa shape index (κ1) is 27.5. The van der Waals surface area contributed by atoms with Crippen LogP contribution in [0.15, 0.2) is 12.4 Å². The van der Waals surface area contributed by atoms with Gasteiger partial charge in [-0.25, -0.2) is 0 Å². The molecular weight excluding hydrogens is 297 g/mol. The van der Waals surface area contributed by atoms with Crippen LogP contribution in [0.2, 0.25) is 0 Å². The fraction of sp³-hybridized carbons (Fsp3) is 0.750. The molecule has 1 heterocycles. The molecule has 0 atom stereocenters. The van der Waals surface area contributed by atoms with Gasteiger partial charge in [0, 0.05) is 42.7 Å². The minimum Gasteiger partial charge on any atom is -0.446 e. The first-order chi connectivity index (χ1) is 10.5. The molecule has 8 nitrogen and oxygen atoms in total. The van der Waals surface area contributed by atoms with Crippen molar-refractivity contribution in [3.05, 3.63) is 18.2 Å². The zero-order valence-electron chi connectivity index (χ0n) is 15.7. The quantitative estimate of drug-likeness (QED) is 0.532. The molecule has 0 amide bonds. The molecule has 0 aliphatic rings. The molecule has 128 valence electrons. The molecule has 0 unspecified atom stereocenters. The first-order valence-corrected chi connectivity index (χ1v) is 6.60. The number of imidazole rings is 1. The Labute approximate surface area is 152 Å². The van der Waals surface area contributed by atoms with E-state index >= 15 is 0 Å². The standard InChI is InChI=1S/C6H9N2.2C3H9BO3.Li/c1-5(2)6-7-3-4-8-6;2*1-5-4(6-2)7-3;/h3-5H,1-2H3;2*1-3H3;/q-1;;;+1. The fourth-order valence-electron chi connectivity index (χ4n) is 1.13. The number of rotatable bonds is 7. The third-order valence-corrected chi connectivity index (χ3v) is 2.15. The summed E-state index contributed by atoms with van der Waals surface area (Å²) >= 11 is 0. The Balaban J connectivity index is -0.000000257. The Morgan fingerprint density at radius 2 is 1.17 bits per heavy atom. The second-order valence-electron chi connectivity index (χ2n) is 4.06. The van der Waals surface area contributed by atoms with Crippen LogP contribution in [0.4, 0.5) is 0 Å². The van der Waals surface area contributed by atoms with E-state index in [2.05, 4.69) is 51.7 Å². The molecule has 0 saturated heterocycles. The van der Waals surface area contributed by atoms with Crippen molar-refractivity contribution in [2.45, 2.75) is 19.8 Å². The molecular formula is C12H27B2LiN2O6. The topological polar surface area (TPSA) is 82.4 Å². The van der Waals surface area contributed by atoms with Crippen molar-refractivity contribution in [3.8, 4) is 0 Å². The van der Waals surface area contributed by atoms with Crippen LogP contribution in [-0.2, 0) is 27.9 Å². The smallest absolute Gasteiger partial charge is 0.446 e. The summed E-state index contributed by atoms with van der Waals surface area (Å²) in [5.74, 6) is 1.40. The van der Waals surface area contributed by atoms with Gasteiger partial charge in [0.15, 0.2) is 0 Å². The van der Waals surface area contributed by atoms with Crippen molar-refractivity contribution in [3.63, 3.8) is 0 Å². The Morgan fingerprint density at radius 1 is 0.826 bits per heavy atom. The van der Waals surface area contributed by atoms with Crippen molar-refractivity contribution < 1.29 is 46.8 Å². The van der Waals surface area contributed by atoms with Gasteiger partial charge in [0.1, 0.15) is 0 Å². The molecule has 0 N–H and O–H groups in total. The summed E-state index contributed by atoms with van der Waals surface area (Å²) in [7, 11) is 8.04. The molecule has 0 fully saturated rings. The molecule has 1 rings (SSSR count).